The van der Waals surface area contributed by atoms with Gasteiger partial charge in [-0.15, -0.1) is 0 Å². The Kier molecular flexibility index (Phi) is 3.77. The summed E-state index contributed by atoms with van der Waals surface area (Å²) in [7, 11) is 1.53. The van der Waals surface area contributed by atoms with E-state index in [2.05, 4.69) is 21.2 Å². The summed E-state index contributed by atoms with van der Waals surface area (Å²) >= 11 is 3.29. The van der Waals surface area contributed by atoms with Gasteiger partial charge >= 0.3 is 5.97 Å². The van der Waals surface area contributed by atoms with Crippen LogP contribution in [0.25, 0.3) is 0 Å². The Morgan fingerprint density at radius 1 is 1.47 bits per heavy atom. The van der Waals surface area contributed by atoms with Crippen molar-refractivity contribution in [3.63, 3.8) is 0 Å². The molecular weight excluding hydrogens is 318 g/mol. The van der Waals surface area contributed by atoms with E-state index in [0.29, 0.717) is 15.9 Å². The van der Waals surface area contributed by atoms with Gasteiger partial charge in [0.05, 0.1) is 24.8 Å². The third-order valence-electron chi connectivity index (χ3n) is 2.95. The van der Waals surface area contributed by atoms with E-state index in [1.807, 2.05) is 0 Å². The molecule has 1 fully saturated rings. The molecule has 1 saturated heterocycles. The number of carboxylic acid groups (broad SMARTS) is 1. The molecule has 6 nitrogen and oxygen atoms in total. The van der Waals surface area contributed by atoms with Crippen LogP contribution < -0.4 is 10.1 Å². The second-order valence-electron chi connectivity index (χ2n) is 4.18. The number of benzene rings is 1. The number of hydrogen-bond donors (Lipinski definition) is 2. The summed E-state index contributed by atoms with van der Waals surface area (Å²) in [5, 5.41) is 11.7. The number of hydrogen-bond acceptors (Lipinski definition) is 4. The second-order valence-corrected chi connectivity index (χ2v) is 5.04. The molecule has 0 unspecified atom stereocenters. The zero-order valence-electron chi connectivity index (χ0n) is 10.1. The van der Waals surface area contributed by atoms with E-state index in [9.17, 15) is 9.59 Å². The third kappa shape index (κ3) is 2.43. The lowest BCUT2D eigenvalue weighted by Crippen LogP contribution is -2.57. The van der Waals surface area contributed by atoms with Gasteiger partial charge in [-0.25, -0.2) is 0 Å². The normalized spacial score (nSPS) is 16.3. The van der Waals surface area contributed by atoms with Crippen LogP contribution in [0.3, 0.4) is 0 Å². The van der Waals surface area contributed by atoms with Crippen LogP contribution in [0, 0.1) is 5.41 Å². The van der Waals surface area contributed by atoms with Crippen LogP contribution in [0.15, 0.2) is 22.7 Å². The van der Waals surface area contributed by atoms with Gasteiger partial charge in [0, 0.05) is 5.69 Å². The lowest BCUT2D eigenvalue weighted by molar-refractivity contribution is -0.182. The van der Waals surface area contributed by atoms with Crippen molar-refractivity contribution < 1.29 is 24.2 Å². The molecule has 102 valence electrons. The monoisotopic (exact) mass is 329 g/mol. The molecule has 1 aromatic rings. The number of anilines is 1. The molecular formula is C12H12BrNO5. The predicted octanol–water partition coefficient (Wildman–Crippen LogP) is 1.50. The van der Waals surface area contributed by atoms with Crippen LogP contribution in [0.5, 0.6) is 5.75 Å². The molecule has 0 radical (unpaired) electrons. The summed E-state index contributed by atoms with van der Waals surface area (Å²) in [6.45, 7) is -0.211. The highest BCUT2D eigenvalue weighted by molar-refractivity contribution is 9.10. The number of carboxylic acids is 1. The molecule has 0 aliphatic carbocycles. The molecule has 19 heavy (non-hydrogen) atoms. The van der Waals surface area contributed by atoms with Crippen LogP contribution in [-0.4, -0.2) is 37.3 Å². The zero-order chi connectivity index (χ0) is 14.0. The molecule has 0 atom stereocenters. The summed E-state index contributed by atoms with van der Waals surface area (Å²) in [6, 6.07) is 4.95. The minimum Gasteiger partial charge on any atom is -0.496 e. The fourth-order valence-electron chi connectivity index (χ4n) is 1.65. The van der Waals surface area contributed by atoms with E-state index in [-0.39, 0.29) is 13.2 Å². The Morgan fingerprint density at radius 3 is 2.58 bits per heavy atom. The number of amides is 1. The standard InChI is InChI=1S/C12H12BrNO5/c1-18-9-3-2-7(4-8(9)13)14-10(15)12(11(16)17)5-19-6-12/h2-4H,5-6H2,1H3,(H,14,15)(H,16,17). The maximum atomic E-state index is 12.0. The van der Waals surface area contributed by atoms with Crippen molar-refractivity contribution in [3.05, 3.63) is 22.7 Å². The summed E-state index contributed by atoms with van der Waals surface area (Å²) in [5.41, 5.74) is -0.989. The van der Waals surface area contributed by atoms with Gasteiger partial charge in [0.25, 0.3) is 0 Å². The smallest absolute Gasteiger partial charge is 0.324 e. The molecule has 1 heterocycles. The van der Waals surface area contributed by atoms with E-state index in [4.69, 9.17) is 14.6 Å². The Labute approximate surface area is 117 Å². The number of halogens is 1. The van der Waals surface area contributed by atoms with E-state index < -0.39 is 17.3 Å². The number of aliphatic carboxylic acids is 1. The topological polar surface area (TPSA) is 84.9 Å². The Hall–Kier alpha value is -1.60. The molecule has 2 N–H and O–H groups in total. The van der Waals surface area contributed by atoms with Crippen molar-refractivity contribution >= 4 is 33.5 Å². The maximum absolute atomic E-state index is 12.0. The van der Waals surface area contributed by atoms with Gasteiger partial charge in [0.15, 0.2) is 5.41 Å². The van der Waals surface area contributed by atoms with Crippen LogP contribution in [0.1, 0.15) is 0 Å². The van der Waals surface area contributed by atoms with Crippen molar-refractivity contribution in [2.45, 2.75) is 0 Å². The van der Waals surface area contributed by atoms with Gasteiger partial charge in [-0.1, -0.05) is 0 Å². The van der Waals surface area contributed by atoms with Gasteiger partial charge in [0.2, 0.25) is 5.91 Å². The van der Waals surface area contributed by atoms with Crippen molar-refractivity contribution in [2.24, 2.45) is 5.41 Å². The molecule has 0 spiro atoms. The van der Waals surface area contributed by atoms with E-state index in [1.165, 1.54) is 7.11 Å². The first-order valence-corrected chi connectivity index (χ1v) is 6.25. The average Bonchev–Trinajstić information content (AvgIpc) is 2.26. The van der Waals surface area contributed by atoms with E-state index in [0.717, 1.165) is 0 Å². The average molecular weight is 330 g/mol. The van der Waals surface area contributed by atoms with Crippen LogP contribution >= 0.6 is 15.9 Å². The van der Waals surface area contributed by atoms with Crippen molar-refractivity contribution in [1.82, 2.24) is 0 Å². The molecule has 0 aromatic heterocycles. The zero-order valence-corrected chi connectivity index (χ0v) is 11.7. The number of carbonyl (C=O) groups is 2. The first-order valence-electron chi connectivity index (χ1n) is 5.46. The number of nitrogens with one attached hydrogen (secondary N) is 1. The van der Waals surface area contributed by atoms with Crippen LogP contribution in [0.2, 0.25) is 0 Å². The van der Waals surface area contributed by atoms with Crippen molar-refractivity contribution in [2.75, 3.05) is 25.6 Å². The predicted molar refractivity (Wildman–Crippen MR) is 70.2 cm³/mol. The van der Waals surface area contributed by atoms with E-state index >= 15 is 0 Å². The quantitative estimate of drug-likeness (QED) is 0.817. The van der Waals surface area contributed by atoms with Crippen molar-refractivity contribution in [3.8, 4) is 5.75 Å². The first kappa shape index (κ1) is 13.8. The highest BCUT2D eigenvalue weighted by Gasteiger charge is 2.53. The van der Waals surface area contributed by atoms with E-state index in [1.54, 1.807) is 18.2 Å². The maximum Gasteiger partial charge on any atom is 0.324 e. The van der Waals surface area contributed by atoms with Crippen LogP contribution in [-0.2, 0) is 14.3 Å². The fourth-order valence-corrected chi connectivity index (χ4v) is 2.19. The lowest BCUT2D eigenvalue weighted by Gasteiger charge is -2.35. The molecule has 1 aliphatic rings. The fraction of sp³-hybridized carbons (Fsp3) is 0.333. The van der Waals surface area contributed by atoms with Gasteiger partial charge < -0.3 is 19.9 Å². The molecule has 1 aliphatic heterocycles. The molecule has 0 saturated carbocycles. The second kappa shape index (κ2) is 5.18. The van der Waals surface area contributed by atoms with Gasteiger partial charge in [-0.05, 0) is 34.1 Å². The summed E-state index contributed by atoms with van der Waals surface area (Å²) in [4.78, 5) is 23.1. The molecule has 1 amide bonds. The SMILES string of the molecule is COc1ccc(NC(=O)C2(C(=O)O)COC2)cc1Br. The highest BCUT2D eigenvalue weighted by Crippen LogP contribution is 2.32. The Morgan fingerprint density at radius 2 is 2.16 bits per heavy atom. The van der Waals surface area contributed by atoms with Crippen LogP contribution in [0.4, 0.5) is 5.69 Å². The lowest BCUT2D eigenvalue weighted by atomic mass is 9.85. The van der Waals surface area contributed by atoms with Crippen molar-refractivity contribution in [1.29, 1.82) is 0 Å². The molecule has 1 aromatic carbocycles. The van der Waals surface area contributed by atoms with Gasteiger partial charge in [-0.2, -0.15) is 0 Å². The Bertz CT molecular complexity index is 527. The molecule has 2 rings (SSSR count). The number of rotatable bonds is 4. The Balaban J connectivity index is 2.15. The summed E-state index contributed by atoms with van der Waals surface area (Å²) in [5.74, 6) is -1.13. The number of ether oxygens (including phenoxy) is 2. The minimum atomic E-state index is -1.48. The molecule has 7 heteroatoms. The van der Waals surface area contributed by atoms with Gasteiger partial charge in [0.1, 0.15) is 5.75 Å². The largest absolute Gasteiger partial charge is 0.496 e. The minimum absolute atomic E-state index is 0.106. The summed E-state index contributed by atoms with van der Waals surface area (Å²) in [6.07, 6.45) is 0. The number of carbonyl (C=O) groups excluding carboxylic acids is 1. The molecule has 0 bridgehead atoms. The number of methoxy groups -OCH3 is 1. The summed E-state index contributed by atoms with van der Waals surface area (Å²) < 4.78 is 10.6. The van der Waals surface area contributed by atoms with Gasteiger partial charge in [-0.3, -0.25) is 9.59 Å². The highest BCUT2D eigenvalue weighted by atomic mass is 79.9. The first-order chi connectivity index (χ1) is 8.99. The third-order valence-corrected chi connectivity index (χ3v) is 3.57.